The summed E-state index contributed by atoms with van der Waals surface area (Å²) in [4.78, 5) is 21.4. The number of aromatic hydroxyl groups is 1. The molecule has 3 rings (SSSR count). The van der Waals surface area contributed by atoms with Crippen molar-refractivity contribution in [2.45, 2.75) is 16.7 Å². The van der Waals surface area contributed by atoms with E-state index in [4.69, 9.17) is 0 Å². The summed E-state index contributed by atoms with van der Waals surface area (Å²) in [6, 6.07) is 6.77. The van der Waals surface area contributed by atoms with Crippen molar-refractivity contribution in [2.24, 2.45) is 0 Å². The fraction of sp³-hybridized carbons (Fsp3) is 0.0556. The van der Waals surface area contributed by atoms with Crippen LogP contribution in [0, 0.1) is 17.0 Å². The number of benzene rings is 3. The maximum absolute atomic E-state index is 12.8. The lowest BCUT2D eigenvalue weighted by Gasteiger charge is -2.14. The molecule has 0 saturated heterocycles. The molecule has 0 aliphatic heterocycles. The number of hydrogen-bond donors (Lipinski definition) is 4. The first-order valence-electron chi connectivity index (χ1n) is 8.51. The summed E-state index contributed by atoms with van der Waals surface area (Å²) in [5, 5.41) is 22.9. The molecular weight excluding hydrogens is 468 g/mol. The number of rotatable bonds is 5. The monoisotopic (exact) mass is 482 g/mol. The Balaban J connectivity index is 2.24. The summed E-state index contributed by atoms with van der Waals surface area (Å²) >= 11 is 0. The van der Waals surface area contributed by atoms with Gasteiger partial charge in [-0.05, 0) is 30.7 Å². The second-order valence-electron chi connectivity index (χ2n) is 6.64. The van der Waals surface area contributed by atoms with Crippen molar-refractivity contribution >= 4 is 48.3 Å². The van der Waals surface area contributed by atoms with Crippen LogP contribution in [0.1, 0.15) is 15.9 Å². The normalized spacial score (nSPS) is 12.0. The predicted octanol–water partition coefficient (Wildman–Crippen LogP) is 2.51. The SMILES string of the molecule is Cc1ccc([N+](=O)[O-])cc1C(=O)Nc1ccc(S(=O)(=O)O)c2cc(S(=O)(=O)O)cc(O)c12. The number of hydrogen-bond acceptors (Lipinski definition) is 8. The fourth-order valence-corrected chi connectivity index (χ4v) is 4.25. The van der Waals surface area contributed by atoms with Gasteiger partial charge in [0.2, 0.25) is 0 Å². The van der Waals surface area contributed by atoms with Gasteiger partial charge in [-0.15, -0.1) is 0 Å². The van der Waals surface area contributed by atoms with Crippen molar-refractivity contribution in [1.29, 1.82) is 0 Å². The standard InChI is InChI=1S/C18H14N2O10S2/c1-9-2-3-10(20(23)24)6-12(9)18(22)19-14-4-5-16(32(28,29)30)13-7-11(31(25,26)27)8-15(21)17(13)14/h2-8,21H,1H3,(H,19,22)(H,25,26,27)(H,28,29,30). The molecule has 0 aromatic heterocycles. The average molecular weight is 482 g/mol. The van der Waals surface area contributed by atoms with Crippen LogP contribution < -0.4 is 5.32 Å². The first-order chi connectivity index (χ1) is 14.7. The summed E-state index contributed by atoms with van der Waals surface area (Å²) in [6.07, 6.45) is 0. The number of nitro groups is 1. The molecule has 0 aliphatic rings. The van der Waals surface area contributed by atoms with Gasteiger partial charge in [0.15, 0.2) is 0 Å². The van der Waals surface area contributed by atoms with Crippen LogP contribution in [0.2, 0.25) is 0 Å². The molecule has 4 N–H and O–H groups in total. The summed E-state index contributed by atoms with van der Waals surface area (Å²) in [7, 11) is -9.77. The van der Waals surface area contributed by atoms with E-state index in [1.807, 2.05) is 0 Å². The van der Waals surface area contributed by atoms with E-state index in [1.165, 1.54) is 19.1 Å². The van der Waals surface area contributed by atoms with Gasteiger partial charge >= 0.3 is 0 Å². The topological polar surface area (TPSA) is 201 Å². The Labute approximate surface area is 180 Å². The molecule has 14 heteroatoms. The van der Waals surface area contributed by atoms with Gasteiger partial charge in [0.05, 0.1) is 15.5 Å². The highest BCUT2D eigenvalue weighted by Crippen LogP contribution is 2.38. The Morgan fingerprint density at radius 2 is 1.66 bits per heavy atom. The van der Waals surface area contributed by atoms with Crippen LogP contribution in [-0.4, -0.2) is 41.9 Å². The van der Waals surface area contributed by atoms with Gasteiger partial charge in [0.1, 0.15) is 10.6 Å². The minimum Gasteiger partial charge on any atom is -0.507 e. The van der Waals surface area contributed by atoms with Crippen LogP contribution in [0.4, 0.5) is 11.4 Å². The van der Waals surface area contributed by atoms with E-state index in [1.54, 1.807) is 0 Å². The number of anilines is 1. The molecule has 168 valence electrons. The number of phenols is 1. The smallest absolute Gasteiger partial charge is 0.295 e. The highest BCUT2D eigenvalue weighted by Gasteiger charge is 2.23. The Morgan fingerprint density at radius 1 is 1.00 bits per heavy atom. The highest BCUT2D eigenvalue weighted by atomic mass is 32.2. The lowest BCUT2D eigenvalue weighted by atomic mass is 10.0. The van der Waals surface area contributed by atoms with E-state index < -0.39 is 52.0 Å². The van der Waals surface area contributed by atoms with Crippen molar-refractivity contribution in [3.8, 4) is 5.75 Å². The maximum atomic E-state index is 12.8. The number of nitrogens with zero attached hydrogens (tertiary/aromatic N) is 1. The molecule has 0 fully saturated rings. The summed E-state index contributed by atoms with van der Waals surface area (Å²) < 4.78 is 65.1. The number of fused-ring (bicyclic) bond motifs is 1. The molecule has 0 atom stereocenters. The quantitative estimate of drug-likeness (QED) is 0.238. The minimum atomic E-state index is -4.90. The molecule has 0 radical (unpaired) electrons. The molecule has 0 saturated carbocycles. The van der Waals surface area contributed by atoms with Crippen molar-refractivity contribution < 1.29 is 40.8 Å². The van der Waals surface area contributed by atoms with Gasteiger partial charge in [0.25, 0.3) is 31.8 Å². The lowest BCUT2D eigenvalue weighted by molar-refractivity contribution is -0.384. The lowest BCUT2D eigenvalue weighted by Crippen LogP contribution is -2.14. The number of nitrogens with one attached hydrogen (secondary N) is 1. The third-order valence-corrected chi connectivity index (χ3v) is 6.27. The number of nitro benzene ring substituents is 1. The fourth-order valence-electron chi connectivity index (χ4n) is 3.05. The highest BCUT2D eigenvalue weighted by molar-refractivity contribution is 7.86. The number of carbonyl (C=O) groups is 1. The van der Waals surface area contributed by atoms with Crippen LogP contribution in [0.5, 0.6) is 5.75 Å². The van der Waals surface area contributed by atoms with Crippen LogP contribution >= 0.6 is 0 Å². The average Bonchev–Trinajstić information content (AvgIpc) is 2.66. The van der Waals surface area contributed by atoms with Crippen molar-refractivity contribution in [3.63, 3.8) is 0 Å². The second kappa shape index (κ2) is 7.83. The van der Waals surface area contributed by atoms with Crippen LogP contribution in [0.15, 0.2) is 52.3 Å². The molecule has 0 bridgehead atoms. The molecule has 0 spiro atoms. The molecule has 0 unspecified atom stereocenters. The summed E-state index contributed by atoms with van der Waals surface area (Å²) in [6.45, 7) is 1.52. The maximum Gasteiger partial charge on any atom is 0.295 e. The van der Waals surface area contributed by atoms with E-state index in [2.05, 4.69) is 5.32 Å². The van der Waals surface area contributed by atoms with Crippen molar-refractivity contribution in [2.75, 3.05) is 5.32 Å². The number of carbonyl (C=O) groups excluding carboxylic acids is 1. The number of non-ortho nitro benzene ring substituents is 1. The number of phenolic OH excluding ortho intramolecular Hbond substituents is 1. The minimum absolute atomic E-state index is 0.0831. The van der Waals surface area contributed by atoms with E-state index in [0.717, 1.165) is 18.2 Å². The summed E-state index contributed by atoms with van der Waals surface area (Å²) in [5.41, 5.74) is -0.249. The van der Waals surface area contributed by atoms with E-state index in [9.17, 15) is 46.0 Å². The summed E-state index contributed by atoms with van der Waals surface area (Å²) in [5.74, 6) is -1.67. The first-order valence-corrected chi connectivity index (χ1v) is 11.4. The van der Waals surface area contributed by atoms with Gasteiger partial charge in [-0.25, -0.2) is 0 Å². The predicted molar refractivity (Wildman–Crippen MR) is 111 cm³/mol. The van der Waals surface area contributed by atoms with Crippen molar-refractivity contribution in [1.82, 2.24) is 0 Å². The molecule has 0 aliphatic carbocycles. The molecule has 12 nitrogen and oxygen atoms in total. The van der Waals surface area contributed by atoms with Gasteiger partial charge in [-0.1, -0.05) is 6.07 Å². The van der Waals surface area contributed by atoms with Gasteiger partial charge in [0, 0.05) is 34.5 Å². The van der Waals surface area contributed by atoms with Crippen LogP contribution in [0.25, 0.3) is 10.8 Å². The number of amides is 1. The Bertz CT molecular complexity index is 1510. The number of aryl methyl sites for hydroxylation is 1. The Morgan fingerprint density at radius 3 is 2.22 bits per heavy atom. The van der Waals surface area contributed by atoms with Crippen LogP contribution in [-0.2, 0) is 20.2 Å². The first kappa shape index (κ1) is 23.1. The van der Waals surface area contributed by atoms with E-state index in [-0.39, 0.29) is 22.3 Å². The largest absolute Gasteiger partial charge is 0.507 e. The zero-order valence-electron chi connectivity index (χ0n) is 16.0. The Kier molecular flexibility index (Phi) is 5.65. The molecule has 1 amide bonds. The molecule has 32 heavy (non-hydrogen) atoms. The second-order valence-corrected chi connectivity index (χ2v) is 9.45. The molecule has 3 aromatic carbocycles. The third-order valence-electron chi connectivity index (χ3n) is 4.53. The molecule has 0 heterocycles. The van der Waals surface area contributed by atoms with Gasteiger partial charge < -0.3 is 10.4 Å². The third kappa shape index (κ3) is 4.38. The van der Waals surface area contributed by atoms with E-state index in [0.29, 0.717) is 17.7 Å². The Hall–Kier alpha value is -3.59. The molecular formula is C18H14N2O10S2. The zero-order valence-corrected chi connectivity index (χ0v) is 17.6. The zero-order chi connectivity index (χ0) is 24.0. The van der Waals surface area contributed by atoms with E-state index >= 15 is 0 Å². The van der Waals surface area contributed by atoms with Gasteiger partial charge in [-0.3, -0.25) is 24.0 Å². The molecule has 3 aromatic rings. The van der Waals surface area contributed by atoms with Crippen molar-refractivity contribution in [3.05, 3.63) is 63.7 Å². The van der Waals surface area contributed by atoms with Crippen LogP contribution in [0.3, 0.4) is 0 Å². The van der Waals surface area contributed by atoms with Gasteiger partial charge in [-0.2, -0.15) is 16.8 Å².